The van der Waals surface area contributed by atoms with Crippen molar-refractivity contribution in [1.82, 2.24) is 29.5 Å². The summed E-state index contributed by atoms with van der Waals surface area (Å²) in [6.07, 6.45) is -1.42. The van der Waals surface area contributed by atoms with E-state index in [1.54, 1.807) is 18.2 Å². The summed E-state index contributed by atoms with van der Waals surface area (Å²) in [4.78, 5) is 31.1. The van der Waals surface area contributed by atoms with Gasteiger partial charge in [0.05, 0.1) is 24.0 Å². The topological polar surface area (TPSA) is 185 Å². The smallest absolute Gasteiger partial charge is 0.191 e. The quantitative estimate of drug-likeness (QED) is 0.215. The normalized spacial score (nSPS) is 21.2. The number of ether oxygens (including phenoxy) is 1. The lowest BCUT2D eigenvalue weighted by molar-refractivity contribution is -0.0511. The van der Waals surface area contributed by atoms with E-state index < -0.39 is 31.1 Å². The van der Waals surface area contributed by atoms with E-state index in [-0.39, 0.29) is 11.2 Å². The molecule has 13 heteroatoms. The fraction of sp³-hybridized carbons (Fsp3) is 0.208. The molecule has 6 N–H and O–H groups in total. The van der Waals surface area contributed by atoms with E-state index in [0.717, 1.165) is 11.3 Å². The number of H-pyrrole nitrogens is 1. The number of benzene rings is 1. The highest BCUT2D eigenvalue weighted by atomic mass is 35.5. The molecule has 4 atom stereocenters. The van der Waals surface area contributed by atoms with E-state index in [1.807, 2.05) is 30.3 Å². The molecule has 1 aromatic carbocycles. The number of anilines is 1. The molecule has 190 valence electrons. The van der Waals surface area contributed by atoms with Gasteiger partial charge in [-0.25, -0.2) is 19.9 Å². The number of nitrogens with one attached hydrogen (secondary N) is 1. The average Bonchev–Trinajstić information content (AvgIpc) is 3.46. The lowest BCUT2D eigenvalue weighted by Gasteiger charge is -2.16. The lowest BCUT2D eigenvalue weighted by Crippen LogP contribution is -2.33. The summed E-state index contributed by atoms with van der Waals surface area (Å²) in [5.41, 5.74) is 8.57. The lowest BCUT2D eigenvalue weighted by atomic mass is 10.1. The Hall–Kier alpha value is -3.94. The first-order chi connectivity index (χ1) is 17.9. The van der Waals surface area contributed by atoms with Crippen LogP contribution in [0.25, 0.3) is 33.5 Å². The number of rotatable bonds is 3. The van der Waals surface area contributed by atoms with Crippen molar-refractivity contribution in [3.63, 3.8) is 0 Å². The molecule has 37 heavy (non-hydrogen) atoms. The van der Waals surface area contributed by atoms with Crippen molar-refractivity contribution in [3.8, 4) is 11.3 Å². The van der Waals surface area contributed by atoms with Gasteiger partial charge in [0.1, 0.15) is 41.0 Å². The van der Waals surface area contributed by atoms with Gasteiger partial charge in [0, 0.05) is 6.07 Å². The summed E-state index contributed by atoms with van der Waals surface area (Å²) in [5.74, 6) is 0.218. The molecule has 1 fully saturated rings. The third kappa shape index (κ3) is 4.75. The molecule has 6 rings (SSSR count). The van der Waals surface area contributed by atoms with Gasteiger partial charge >= 0.3 is 0 Å². The Morgan fingerprint density at radius 3 is 2.59 bits per heavy atom. The first-order valence-electron chi connectivity index (χ1n) is 11.2. The predicted molar refractivity (Wildman–Crippen MR) is 136 cm³/mol. The molecule has 5 heterocycles. The summed E-state index contributed by atoms with van der Waals surface area (Å²) in [7, 11) is 0. The van der Waals surface area contributed by atoms with Crippen molar-refractivity contribution >= 4 is 39.6 Å². The zero-order chi connectivity index (χ0) is 26.1. The zero-order valence-electron chi connectivity index (χ0n) is 19.1. The van der Waals surface area contributed by atoms with E-state index >= 15 is 0 Å². The largest absolute Gasteiger partial charge is 0.394 e. The number of nitrogens with zero attached hydrogens (tertiary/aromatic N) is 5. The second kappa shape index (κ2) is 10.2. The number of imidazole rings is 1. The number of nitrogen functional groups attached to an aromatic ring is 1. The molecule has 0 bridgehead atoms. The van der Waals surface area contributed by atoms with Crippen LogP contribution in [0.1, 0.15) is 6.23 Å². The van der Waals surface area contributed by atoms with Gasteiger partial charge in [0.25, 0.3) is 0 Å². The third-order valence-corrected chi connectivity index (χ3v) is 6.13. The molecule has 1 aliphatic heterocycles. The summed E-state index contributed by atoms with van der Waals surface area (Å²) < 4.78 is 6.85. The molecule has 0 amide bonds. The highest BCUT2D eigenvalue weighted by Crippen LogP contribution is 2.31. The predicted octanol–water partition coefficient (Wildman–Crippen LogP) is 1.26. The molecule has 5 aromatic rings. The standard InChI is InChI=1S/C14H9ClN2O.C10H13N5O4/c15-13-7-6-10-12(18)8-11(16-14(10)17-13)9-4-2-1-3-5-9;11-8-5-9(13-2-12-8)15(3-14-5)10-7(18)6(17)4(1-16)19-10/h1-8H,(H,16,17,18);2-4,6-7,10,16-18H,1H2,(H2,11,12,13)/t;4-,6-,7-,10-/m.1/s1. The molecule has 1 aliphatic rings. The van der Waals surface area contributed by atoms with Gasteiger partial charge in [-0.15, -0.1) is 0 Å². The van der Waals surface area contributed by atoms with Crippen molar-refractivity contribution < 1.29 is 20.1 Å². The maximum Gasteiger partial charge on any atom is 0.191 e. The Labute approximate surface area is 214 Å². The maximum absolute atomic E-state index is 12.0. The number of pyridine rings is 2. The van der Waals surface area contributed by atoms with Crippen molar-refractivity contribution in [2.75, 3.05) is 12.3 Å². The van der Waals surface area contributed by atoms with Crippen LogP contribution in [0.5, 0.6) is 0 Å². The number of aromatic nitrogens is 6. The van der Waals surface area contributed by atoms with E-state index in [2.05, 4.69) is 24.9 Å². The third-order valence-electron chi connectivity index (χ3n) is 5.92. The summed E-state index contributed by atoms with van der Waals surface area (Å²) in [6, 6.07) is 14.5. The SMILES string of the molecule is Nc1ncnc2c1ncn2[C@@H]1O[C@H](CO)[C@@H](O)[C@H]1O.O=c1cc(-c2ccccc2)[nH]c2nc(Cl)ccc12. The Kier molecular flexibility index (Phi) is 6.82. The van der Waals surface area contributed by atoms with Gasteiger partial charge < -0.3 is 30.8 Å². The fourth-order valence-corrected chi connectivity index (χ4v) is 4.19. The monoisotopic (exact) mass is 523 g/mol. The Bertz CT molecular complexity index is 1610. The van der Waals surface area contributed by atoms with Crippen LogP contribution in [0.2, 0.25) is 5.15 Å². The molecule has 0 saturated carbocycles. The zero-order valence-corrected chi connectivity index (χ0v) is 19.9. The second-order valence-corrected chi connectivity index (χ2v) is 8.64. The number of nitrogens with two attached hydrogens (primary N) is 1. The summed E-state index contributed by atoms with van der Waals surface area (Å²) in [6.45, 7) is -0.390. The number of aromatic amines is 1. The van der Waals surface area contributed by atoms with Crippen molar-refractivity contribution in [2.24, 2.45) is 0 Å². The molecule has 0 unspecified atom stereocenters. The highest BCUT2D eigenvalue weighted by molar-refractivity contribution is 6.29. The number of aliphatic hydroxyl groups excluding tert-OH is 3. The van der Waals surface area contributed by atoms with E-state index in [1.165, 1.54) is 17.2 Å². The Balaban J connectivity index is 0.000000152. The molecular weight excluding hydrogens is 502 g/mol. The molecule has 4 aromatic heterocycles. The van der Waals surface area contributed by atoms with E-state index in [0.29, 0.717) is 27.4 Å². The van der Waals surface area contributed by atoms with Crippen molar-refractivity contribution in [1.29, 1.82) is 0 Å². The summed E-state index contributed by atoms with van der Waals surface area (Å²) in [5, 5.41) is 29.6. The highest BCUT2D eigenvalue weighted by Gasteiger charge is 2.43. The molecule has 0 radical (unpaired) electrons. The van der Waals surface area contributed by atoms with Gasteiger partial charge in [-0.3, -0.25) is 9.36 Å². The maximum atomic E-state index is 12.0. The van der Waals surface area contributed by atoms with Crippen LogP contribution in [0.15, 0.2) is 66.0 Å². The molecule has 0 aliphatic carbocycles. The molecule has 0 spiro atoms. The van der Waals surface area contributed by atoms with Crippen molar-refractivity contribution in [3.05, 3.63) is 76.6 Å². The van der Waals surface area contributed by atoms with Gasteiger partial charge in [-0.1, -0.05) is 41.9 Å². The van der Waals surface area contributed by atoms with Gasteiger partial charge in [-0.05, 0) is 17.7 Å². The van der Waals surface area contributed by atoms with Gasteiger partial charge in [-0.2, -0.15) is 0 Å². The number of hydrogen-bond donors (Lipinski definition) is 5. The van der Waals surface area contributed by atoms with Crippen LogP contribution in [-0.4, -0.2) is 69.7 Å². The van der Waals surface area contributed by atoms with Crippen LogP contribution in [-0.2, 0) is 4.74 Å². The van der Waals surface area contributed by atoms with Gasteiger partial charge in [0.2, 0.25) is 0 Å². The van der Waals surface area contributed by atoms with E-state index in [9.17, 15) is 15.0 Å². The van der Waals surface area contributed by atoms with E-state index in [4.69, 9.17) is 27.2 Å². The minimum Gasteiger partial charge on any atom is -0.394 e. The van der Waals surface area contributed by atoms with Crippen LogP contribution >= 0.6 is 11.6 Å². The summed E-state index contributed by atoms with van der Waals surface area (Å²) >= 11 is 5.84. The Morgan fingerprint density at radius 2 is 1.86 bits per heavy atom. The van der Waals surface area contributed by atoms with Crippen LogP contribution in [0.3, 0.4) is 0 Å². The van der Waals surface area contributed by atoms with Crippen molar-refractivity contribution in [2.45, 2.75) is 24.5 Å². The van der Waals surface area contributed by atoms with Crippen LogP contribution in [0, 0.1) is 0 Å². The first kappa shape index (κ1) is 24.7. The molecule has 1 saturated heterocycles. The average molecular weight is 524 g/mol. The molecule has 12 nitrogen and oxygen atoms in total. The van der Waals surface area contributed by atoms with Crippen LogP contribution < -0.4 is 11.2 Å². The van der Waals surface area contributed by atoms with Gasteiger partial charge in [0.15, 0.2) is 23.1 Å². The first-order valence-corrected chi connectivity index (χ1v) is 11.6. The second-order valence-electron chi connectivity index (χ2n) is 8.26. The minimum absolute atomic E-state index is 0.0632. The number of hydrogen-bond acceptors (Lipinski definition) is 10. The fourth-order valence-electron chi connectivity index (χ4n) is 4.04. The van der Waals surface area contributed by atoms with Crippen LogP contribution in [0.4, 0.5) is 5.82 Å². The number of halogens is 1. The number of aliphatic hydroxyl groups is 3. The molecular formula is C24H22ClN7O5. The Morgan fingerprint density at radius 1 is 1.08 bits per heavy atom. The number of fused-ring (bicyclic) bond motifs is 2. The minimum atomic E-state index is -1.19.